The summed E-state index contributed by atoms with van der Waals surface area (Å²) in [5.74, 6) is 0.441. The molecule has 6 nitrogen and oxygen atoms in total. The van der Waals surface area contributed by atoms with E-state index in [4.69, 9.17) is 4.74 Å². The van der Waals surface area contributed by atoms with Gasteiger partial charge >= 0.3 is 0 Å². The van der Waals surface area contributed by atoms with E-state index in [2.05, 4.69) is 0 Å². The van der Waals surface area contributed by atoms with Gasteiger partial charge in [0.1, 0.15) is 5.75 Å². The van der Waals surface area contributed by atoms with Gasteiger partial charge in [-0.1, -0.05) is 18.2 Å². The highest BCUT2D eigenvalue weighted by Gasteiger charge is 2.31. The van der Waals surface area contributed by atoms with Crippen molar-refractivity contribution in [2.45, 2.75) is 19.4 Å². The molecule has 1 aliphatic heterocycles. The van der Waals surface area contributed by atoms with Gasteiger partial charge in [0.15, 0.2) is 0 Å². The van der Waals surface area contributed by atoms with Crippen molar-refractivity contribution in [3.63, 3.8) is 0 Å². The van der Waals surface area contributed by atoms with Crippen molar-refractivity contribution in [2.75, 3.05) is 33.5 Å². The van der Waals surface area contributed by atoms with Gasteiger partial charge in [0.2, 0.25) is 15.9 Å². The number of piperidine rings is 1. The molecule has 1 fully saturated rings. The van der Waals surface area contributed by atoms with Gasteiger partial charge in [-0.3, -0.25) is 4.79 Å². The number of para-hydroxylation sites is 1. The monoisotopic (exact) mass is 340 g/mol. The third kappa shape index (κ3) is 4.45. The minimum Gasteiger partial charge on any atom is -0.496 e. The molecule has 1 aromatic carbocycles. The van der Waals surface area contributed by atoms with Crippen LogP contribution in [-0.4, -0.2) is 57.0 Å². The summed E-state index contributed by atoms with van der Waals surface area (Å²) >= 11 is 0. The molecule has 0 radical (unpaired) electrons. The van der Waals surface area contributed by atoms with Gasteiger partial charge in [-0.05, 0) is 18.9 Å². The van der Waals surface area contributed by atoms with Crippen LogP contribution in [0.4, 0.5) is 0 Å². The average Bonchev–Trinajstić information content (AvgIpc) is 2.54. The number of carbonyl (C=O) groups is 1. The van der Waals surface area contributed by atoms with Crippen LogP contribution >= 0.6 is 0 Å². The molecule has 1 saturated heterocycles. The zero-order chi connectivity index (χ0) is 17.0. The summed E-state index contributed by atoms with van der Waals surface area (Å²) < 4.78 is 30.1. The zero-order valence-corrected chi connectivity index (χ0v) is 14.7. The average molecular weight is 340 g/mol. The lowest BCUT2D eigenvalue weighted by atomic mass is 9.98. The molecule has 2 rings (SSSR count). The Morgan fingerprint density at radius 1 is 1.39 bits per heavy atom. The second-order valence-electron chi connectivity index (χ2n) is 5.97. The van der Waals surface area contributed by atoms with E-state index in [0.29, 0.717) is 19.5 Å². The van der Waals surface area contributed by atoms with Gasteiger partial charge in [0, 0.05) is 32.2 Å². The van der Waals surface area contributed by atoms with Crippen molar-refractivity contribution >= 4 is 15.9 Å². The van der Waals surface area contributed by atoms with Crippen molar-refractivity contribution < 1.29 is 17.9 Å². The molecule has 128 valence electrons. The third-order valence-electron chi connectivity index (χ3n) is 4.18. The Kier molecular flexibility index (Phi) is 5.64. The quantitative estimate of drug-likeness (QED) is 0.811. The Hall–Kier alpha value is -1.60. The molecule has 0 aromatic heterocycles. The van der Waals surface area contributed by atoms with Gasteiger partial charge in [-0.2, -0.15) is 0 Å². The Bertz CT molecular complexity index is 660. The van der Waals surface area contributed by atoms with Crippen LogP contribution in [0.2, 0.25) is 0 Å². The first-order chi connectivity index (χ1) is 10.8. The molecule has 0 N–H and O–H groups in total. The highest BCUT2D eigenvalue weighted by Crippen LogP contribution is 2.23. The fraction of sp³-hybridized carbons (Fsp3) is 0.562. The maximum absolute atomic E-state index is 12.6. The topological polar surface area (TPSA) is 66.9 Å². The van der Waals surface area contributed by atoms with E-state index in [-0.39, 0.29) is 18.4 Å². The number of ether oxygens (including phenoxy) is 1. The van der Waals surface area contributed by atoms with Gasteiger partial charge < -0.3 is 9.64 Å². The van der Waals surface area contributed by atoms with Gasteiger partial charge in [0.05, 0.1) is 19.3 Å². The largest absolute Gasteiger partial charge is 0.496 e. The molecular weight excluding hydrogens is 316 g/mol. The summed E-state index contributed by atoms with van der Waals surface area (Å²) in [6, 6.07) is 7.57. The molecule has 0 spiro atoms. The van der Waals surface area contributed by atoms with E-state index in [1.807, 2.05) is 24.3 Å². The number of amides is 1. The minimum atomic E-state index is -3.24. The van der Waals surface area contributed by atoms with E-state index in [1.54, 1.807) is 19.1 Å². The van der Waals surface area contributed by atoms with Crippen LogP contribution in [0.25, 0.3) is 0 Å². The molecule has 23 heavy (non-hydrogen) atoms. The molecular formula is C16H24N2O4S. The maximum atomic E-state index is 12.6. The molecule has 1 aliphatic rings. The van der Waals surface area contributed by atoms with E-state index in [1.165, 1.54) is 10.6 Å². The smallest absolute Gasteiger partial charge is 0.227 e. The lowest BCUT2D eigenvalue weighted by Gasteiger charge is -2.32. The van der Waals surface area contributed by atoms with E-state index in [0.717, 1.165) is 17.7 Å². The molecule has 0 saturated carbocycles. The second-order valence-corrected chi connectivity index (χ2v) is 7.95. The predicted octanol–water partition coefficient (Wildman–Crippen LogP) is 1.33. The Morgan fingerprint density at radius 3 is 2.74 bits per heavy atom. The van der Waals surface area contributed by atoms with Crippen LogP contribution in [0.5, 0.6) is 5.75 Å². The number of benzene rings is 1. The van der Waals surface area contributed by atoms with Gasteiger partial charge in [0.25, 0.3) is 0 Å². The lowest BCUT2D eigenvalue weighted by Crippen LogP contribution is -2.45. The van der Waals surface area contributed by atoms with Crippen LogP contribution in [-0.2, 0) is 21.4 Å². The normalized spacial score (nSPS) is 19.3. The SMILES string of the molecule is COc1ccccc1CN(C)C(=O)C1CCCN(S(C)(=O)=O)C1. The summed E-state index contributed by atoms with van der Waals surface area (Å²) in [5.41, 5.74) is 0.932. The molecule has 1 atom stereocenters. The number of carbonyl (C=O) groups excluding carboxylic acids is 1. The Morgan fingerprint density at radius 2 is 2.09 bits per heavy atom. The Balaban J connectivity index is 2.04. The highest BCUT2D eigenvalue weighted by molar-refractivity contribution is 7.88. The highest BCUT2D eigenvalue weighted by atomic mass is 32.2. The number of hydrogen-bond acceptors (Lipinski definition) is 4. The minimum absolute atomic E-state index is 0.0238. The van der Waals surface area contributed by atoms with E-state index < -0.39 is 10.0 Å². The zero-order valence-electron chi connectivity index (χ0n) is 13.9. The first-order valence-corrected chi connectivity index (χ1v) is 9.49. The van der Waals surface area contributed by atoms with Crippen LogP contribution in [0.1, 0.15) is 18.4 Å². The van der Waals surface area contributed by atoms with Crippen molar-refractivity contribution in [1.82, 2.24) is 9.21 Å². The number of sulfonamides is 1. The molecule has 0 aliphatic carbocycles. The molecule has 1 aromatic rings. The summed E-state index contributed by atoms with van der Waals surface area (Å²) in [7, 11) is 0.102. The number of rotatable bonds is 5. The summed E-state index contributed by atoms with van der Waals surface area (Å²) in [4.78, 5) is 14.3. The Labute approximate surface area is 138 Å². The van der Waals surface area contributed by atoms with Crippen LogP contribution in [0.15, 0.2) is 24.3 Å². The fourth-order valence-corrected chi connectivity index (χ4v) is 3.84. The standard InChI is InChI=1S/C16H24N2O4S/c1-17(11-13-7-4-5-9-15(13)22-2)16(19)14-8-6-10-18(12-14)23(3,20)21/h4-5,7,9,14H,6,8,10-12H2,1-3H3. The third-order valence-corrected chi connectivity index (χ3v) is 5.45. The number of nitrogens with zero attached hydrogens (tertiary/aromatic N) is 2. The maximum Gasteiger partial charge on any atom is 0.227 e. The van der Waals surface area contributed by atoms with Crippen molar-refractivity contribution in [1.29, 1.82) is 0 Å². The summed E-state index contributed by atoms with van der Waals surface area (Å²) in [6.07, 6.45) is 2.63. The molecule has 7 heteroatoms. The molecule has 0 bridgehead atoms. The lowest BCUT2D eigenvalue weighted by molar-refractivity contribution is -0.135. The van der Waals surface area contributed by atoms with E-state index >= 15 is 0 Å². The van der Waals surface area contributed by atoms with Crippen molar-refractivity contribution in [3.05, 3.63) is 29.8 Å². The first kappa shape index (κ1) is 17.7. The van der Waals surface area contributed by atoms with Crippen LogP contribution in [0, 0.1) is 5.92 Å². The molecule has 1 heterocycles. The second kappa shape index (κ2) is 7.31. The van der Waals surface area contributed by atoms with Gasteiger partial charge in [-0.25, -0.2) is 12.7 Å². The first-order valence-electron chi connectivity index (χ1n) is 7.65. The van der Waals surface area contributed by atoms with Gasteiger partial charge in [-0.15, -0.1) is 0 Å². The summed E-state index contributed by atoms with van der Waals surface area (Å²) in [6.45, 7) is 1.21. The summed E-state index contributed by atoms with van der Waals surface area (Å²) in [5, 5.41) is 0. The van der Waals surface area contributed by atoms with Crippen molar-refractivity contribution in [3.8, 4) is 5.75 Å². The molecule has 1 amide bonds. The van der Waals surface area contributed by atoms with Crippen LogP contribution in [0.3, 0.4) is 0 Å². The van der Waals surface area contributed by atoms with E-state index in [9.17, 15) is 13.2 Å². The van der Waals surface area contributed by atoms with Crippen LogP contribution < -0.4 is 4.74 Å². The van der Waals surface area contributed by atoms with Crippen molar-refractivity contribution in [2.24, 2.45) is 5.92 Å². The number of hydrogen-bond donors (Lipinski definition) is 0. The predicted molar refractivity (Wildman–Crippen MR) is 88.6 cm³/mol. The fourth-order valence-electron chi connectivity index (χ4n) is 2.92. The molecule has 1 unspecified atom stereocenters. The number of methoxy groups -OCH3 is 1.